The average Bonchev–Trinajstić information content (AvgIpc) is 2.76. The van der Waals surface area contributed by atoms with Gasteiger partial charge in [-0.3, -0.25) is 9.59 Å². The van der Waals surface area contributed by atoms with Crippen molar-refractivity contribution in [3.63, 3.8) is 0 Å². The van der Waals surface area contributed by atoms with Crippen LogP contribution in [0.15, 0.2) is 12.2 Å². The normalized spacial score (nSPS) is 21.7. The summed E-state index contributed by atoms with van der Waals surface area (Å²) in [5.41, 5.74) is -6.69. The lowest BCUT2D eigenvalue weighted by atomic mass is 9.81. The number of sulfonamides is 3. The molecular weight excluding hydrogens is 667 g/mol. The van der Waals surface area contributed by atoms with E-state index in [1.165, 1.54) is 20.8 Å². The Morgan fingerprint density at radius 3 is 1.74 bits per heavy atom. The highest BCUT2D eigenvalue weighted by Gasteiger charge is 2.82. The minimum absolute atomic E-state index is 0.00388. The molecule has 3 unspecified atom stereocenters. The predicted molar refractivity (Wildman–Crippen MR) is 124 cm³/mol. The molecular formula is C19H25F9N2O9S3. The number of Topliss-reactive ketones (excluding diaryl/α,β-unsaturated/α-hetero) is 1. The van der Waals surface area contributed by atoms with E-state index in [0.29, 0.717) is 0 Å². The molecule has 0 aromatic rings. The summed E-state index contributed by atoms with van der Waals surface area (Å²) >= 11 is 0. The molecule has 0 aromatic heterocycles. The summed E-state index contributed by atoms with van der Waals surface area (Å²) in [6, 6.07) is -1.91. The van der Waals surface area contributed by atoms with Crippen molar-refractivity contribution in [1.29, 1.82) is 0 Å². The molecule has 23 heteroatoms. The second-order valence-electron chi connectivity index (χ2n) is 9.66. The molecule has 11 nitrogen and oxygen atoms in total. The molecule has 0 heterocycles. The van der Waals surface area contributed by atoms with Crippen LogP contribution in [0.5, 0.6) is 0 Å². The maximum absolute atomic E-state index is 14.6. The number of esters is 1. The van der Waals surface area contributed by atoms with Crippen LogP contribution in [0.4, 0.5) is 39.5 Å². The molecule has 0 aliphatic heterocycles. The summed E-state index contributed by atoms with van der Waals surface area (Å²) in [5.74, 6) is -10.8. The molecule has 42 heavy (non-hydrogen) atoms. The molecule has 3 atom stereocenters. The zero-order chi connectivity index (χ0) is 33.5. The van der Waals surface area contributed by atoms with E-state index in [4.69, 9.17) is 4.74 Å². The number of hydrogen-bond acceptors (Lipinski definition) is 9. The third kappa shape index (κ3) is 7.75. The molecule has 0 aromatic carbocycles. The molecule has 1 aliphatic carbocycles. The first kappa shape index (κ1) is 38.0. The fourth-order valence-electron chi connectivity index (χ4n) is 3.52. The highest BCUT2D eigenvalue weighted by Crippen LogP contribution is 2.51. The van der Waals surface area contributed by atoms with Gasteiger partial charge in [0.2, 0.25) is 0 Å². The number of ketones is 1. The third-order valence-electron chi connectivity index (χ3n) is 5.72. The molecule has 1 aliphatic rings. The molecule has 0 bridgehead atoms. The van der Waals surface area contributed by atoms with Crippen molar-refractivity contribution in [2.45, 2.75) is 80.5 Å². The van der Waals surface area contributed by atoms with Crippen LogP contribution >= 0.6 is 0 Å². The topological polar surface area (TPSA) is 170 Å². The summed E-state index contributed by atoms with van der Waals surface area (Å²) in [6.45, 7) is 7.41. The maximum atomic E-state index is 14.6. The summed E-state index contributed by atoms with van der Waals surface area (Å²) in [7, 11) is -22.4. The van der Waals surface area contributed by atoms with Crippen molar-refractivity contribution in [2.75, 3.05) is 0 Å². The fraction of sp³-hybridized carbons (Fsp3) is 0.789. The molecule has 0 amide bonds. The lowest BCUT2D eigenvalue weighted by Gasteiger charge is -2.37. The number of carbonyl (C=O) groups excluding carboxylic acids is 2. The van der Waals surface area contributed by atoms with E-state index in [-0.39, 0.29) is 12.0 Å². The van der Waals surface area contributed by atoms with Gasteiger partial charge in [-0.05, 0) is 31.3 Å². The van der Waals surface area contributed by atoms with Crippen LogP contribution in [0.1, 0.15) is 46.5 Å². The molecule has 1 saturated carbocycles. The van der Waals surface area contributed by atoms with Crippen molar-refractivity contribution < 1.29 is 79.1 Å². The summed E-state index contributed by atoms with van der Waals surface area (Å²) in [4.78, 5) is 24.0. The molecule has 1 fully saturated rings. The number of hydrogen-bond donors (Lipinski definition) is 2. The number of rotatable bonds is 13. The van der Waals surface area contributed by atoms with Crippen molar-refractivity contribution in [1.82, 2.24) is 8.85 Å². The SMILES string of the molecule is C=C(C)C(=O)CC1CC(NS(=O)(=O)C(F)(F)C(F)(F)C(F)(F)S(=O)(=O)NS(=O)(=O)C(F)(F)F)CC(OC(=O)C(C)C)C1. The first-order chi connectivity index (χ1) is 18.4. The Kier molecular flexibility index (Phi) is 11.0. The number of ether oxygens (including phenoxy) is 1. The number of alkyl halides is 9. The van der Waals surface area contributed by atoms with Gasteiger partial charge in [0, 0.05) is 18.9 Å². The Morgan fingerprint density at radius 2 is 1.31 bits per heavy atom. The lowest BCUT2D eigenvalue weighted by molar-refractivity contribution is -0.244. The molecule has 0 saturated heterocycles. The number of halogens is 9. The summed E-state index contributed by atoms with van der Waals surface area (Å²) in [6.07, 6.45) is -3.19. The molecule has 246 valence electrons. The molecule has 2 N–H and O–H groups in total. The average molecular weight is 693 g/mol. The standard InChI is InChI=1S/C19H25F9N2O9S3/c1-9(2)14(31)7-11-5-12(8-13(6-11)39-15(32)10(3)4)29-40(33,34)17(22,23)16(20,21)18(24,25)41(35,36)30-42(37,38)19(26,27)28/h10-13,29-30H,1,5-8H2,2-4H3. The van der Waals surface area contributed by atoms with Crippen molar-refractivity contribution in [3.05, 3.63) is 12.2 Å². The van der Waals surface area contributed by atoms with E-state index >= 15 is 0 Å². The second-order valence-corrected chi connectivity index (χ2v) is 15.1. The lowest BCUT2D eigenvalue weighted by Crippen LogP contribution is -2.66. The first-order valence-electron chi connectivity index (χ1n) is 11.3. The molecule has 0 radical (unpaired) electrons. The Balaban J connectivity index is 3.44. The smallest absolute Gasteiger partial charge is 0.462 e. The zero-order valence-corrected chi connectivity index (χ0v) is 24.1. The van der Waals surface area contributed by atoms with Crippen molar-refractivity contribution >= 4 is 41.8 Å². The van der Waals surface area contributed by atoms with Crippen LogP contribution in [-0.4, -0.2) is 71.1 Å². The summed E-state index contributed by atoms with van der Waals surface area (Å²) in [5, 5.41) is -14.6. The van der Waals surface area contributed by atoms with Crippen LogP contribution in [-0.2, 0) is 44.4 Å². The Hall–Kier alpha value is -1.98. The van der Waals surface area contributed by atoms with Gasteiger partial charge in [0.25, 0.3) is 20.0 Å². The van der Waals surface area contributed by atoms with Crippen LogP contribution < -0.4 is 8.85 Å². The number of carbonyl (C=O) groups is 2. The van der Waals surface area contributed by atoms with E-state index in [1.807, 2.05) is 0 Å². The third-order valence-corrected chi connectivity index (χ3v) is 10.6. The predicted octanol–water partition coefficient (Wildman–Crippen LogP) is 2.77. The Bertz CT molecular complexity index is 1390. The quantitative estimate of drug-likeness (QED) is 0.167. The van der Waals surface area contributed by atoms with Crippen LogP contribution in [0.3, 0.4) is 0 Å². The fourth-order valence-corrected chi connectivity index (χ4v) is 7.25. The van der Waals surface area contributed by atoms with Gasteiger partial charge in [0.15, 0.2) is 5.78 Å². The largest absolute Gasteiger partial charge is 0.512 e. The van der Waals surface area contributed by atoms with Gasteiger partial charge in [-0.2, -0.15) is 39.5 Å². The van der Waals surface area contributed by atoms with Gasteiger partial charge in [-0.15, -0.1) is 0 Å². The van der Waals surface area contributed by atoms with Crippen LogP contribution in [0, 0.1) is 11.8 Å². The highest BCUT2D eigenvalue weighted by molar-refractivity contribution is 8.05. The Morgan fingerprint density at radius 1 is 0.833 bits per heavy atom. The van der Waals surface area contributed by atoms with Gasteiger partial charge in [-0.1, -0.05) is 24.6 Å². The number of nitrogens with one attached hydrogen (secondary N) is 2. The van der Waals surface area contributed by atoms with Gasteiger partial charge >= 0.3 is 37.9 Å². The van der Waals surface area contributed by atoms with Crippen molar-refractivity contribution in [2.24, 2.45) is 11.8 Å². The zero-order valence-electron chi connectivity index (χ0n) is 21.6. The van der Waals surface area contributed by atoms with E-state index in [9.17, 15) is 74.4 Å². The van der Waals surface area contributed by atoms with Gasteiger partial charge in [0.05, 0.1) is 5.92 Å². The first-order valence-corrected chi connectivity index (χ1v) is 15.8. The highest BCUT2D eigenvalue weighted by atomic mass is 32.3. The monoisotopic (exact) mass is 692 g/mol. The van der Waals surface area contributed by atoms with Crippen LogP contribution in [0.25, 0.3) is 0 Å². The number of allylic oxidation sites excluding steroid dienone is 1. The second kappa shape index (κ2) is 12.2. The van der Waals surface area contributed by atoms with E-state index in [1.54, 1.807) is 0 Å². The maximum Gasteiger partial charge on any atom is 0.512 e. The molecule has 0 spiro atoms. The molecule has 1 rings (SSSR count). The van der Waals surface area contributed by atoms with E-state index < -0.39 is 111 Å². The van der Waals surface area contributed by atoms with Gasteiger partial charge in [0.1, 0.15) is 6.10 Å². The minimum atomic E-state index is -7.91. The minimum Gasteiger partial charge on any atom is -0.462 e. The van der Waals surface area contributed by atoms with E-state index in [0.717, 1.165) is 4.72 Å². The summed E-state index contributed by atoms with van der Waals surface area (Å²) < 4.78 is 198. The Labute approximate surface area is 234 Å². The van der Waals surface area contributed by atoms with Gasteiger partial charge < -0.3 is 4.74 Å². The van der Waals surface area contributed by atoms with Crippen LogP contribution in [0.2, 0.25) is 0 Å². The van der Waals surface area contributed by atoms with Crippen molar-refractivity contribution in [3.8, 4) is 0 Å². The van der Waals surface area contributed by atoms with Gasteiger partial charge in [-0.25, -0.2) is 30.0 Å². The van der Waals surface area contributed by atoms with E-state index in [2.05, 4.69) is 6.58 Å².